The fraction of sp³-hybridized carbons (Fsp3) is 0.316. The van der Waals surface area contributed by atoms with E-state index in [-0.39, 0.29) is 0 Å². The van der Waals surface area contributed by atoms with E-state index in [1.165, 1.54) is 0 Å². The van der Waals surface area contributed by atoms with Crippen LogP contribution in [0.1, 0.15) is 18.9 Å². The number of rotatable bonds is 8. The Bertz CT molecular complexity index is 606. The van der Waals surface area contributed by atoms with Crippen molar-refractivity contribution in [3.8, 4) is 5.75 Å². The Morgan fingerprint density at radius 1 is 1.04 bits per heavy atom. The van der Waals surface area contributed by atoms with Crippen LogP contribution in [-0.2, 0) is 0 Å². The van der Waals surface area contributed by atoms with Crippen LogP contribution in [0.2, 0.25) is 0 Å². The van der Waals surface area contributed by atoms with Crippen molar-refractivity contribution in [1.82, 2.24) is 4.90 Å². The summed E-state index contributed by atoms with van der Waals surface area (Å²) < 4.78 is 5.74. The Balaban J connectivity index is 1.86. The quantitative estimate of drug-likeness (QED) is 0.457. The molecule has 0 atom stereocenters. The Kier molecular flexibility index (Phi) is 6.63. The number of benzene rings is 2. The zero-order valence-corrected chi connectivity index (χ0v) is 14.1. The SMILES string of the molecule is C/C(=N\Nc1ccccc1)c1ccc(OCCCN(C)C)cc1. The van der Waals surface area contributed by atoms with Gasteiger partial charge in [-0.15, -0.1) is 0 Å². The molecule has 0 aliphatic carbocycles. The van der Waals surface area contributed by atoms with Gasteiger partial charge < -0.3 is 9.64 Å². The molecule has 2 aromatic carbocycles. The van der Waals surface area contributed by atoms with Crippen molar-refractivity contribution in [3.05, 3.63) is 60.2 Å². The molecule has 0 aliphatic heterocycles. The standard InChI is InChI=1S/C19H25N3O/c1-16(20-21-18-8-5-4-6-9-18)17-10-12-19(13-11-17)23-15-7-14-22(2)3/h4-6,8-13,21H,7,14-15H2,1-3H3/b20-16+. The summed E-state index contributed by atoms with van der Waals surface area (Å²) in [5, 5.41) is 4.41. The number of hydrogen-bond acceptors (Lipinski definition) is 4. The number of hydrazone groups is 1. The molecule has 122 valence electrons. The molecule has 0 fully saturated rings. The maximum atomic E-state index is 5.74. The van der Waals surface area contributed by atoms with Crippen LogP contribution in [0.5, 0.6) is 5.75 Å². The molecule has 0 bridgehead atoms. The van der Waals surface area contributed by atoms with Gasteiger partial charge in [0.1, 0.15) is 5.75 Å². The van der Waals surface area contributed by atoms with Gasteiger partial charge in [0.05, 0.1) is 18.0 Å². The number of nitrogens with one attached hydrogen (secondary N) is 1. The number of ether oxygens (including phenoxy) is 1. The number of nitrogens with zero attached hydrogens (tertiary/aromatic N) is 2. The van der Waals surface area contributed by atoms with Crippen molar-refractivity contribution < 1.29 is 4.74 Å². The highest BCUT2D eigenvalue weighted by Crippen LogP contribution is 2.14. The summed E-state index contributed by atoms with van der Waals surface area (Å²) in [7, 11) is 4.14. The van der Waals surface area contributed by atoms with E-state index in [2.05, 4.69) is 29.5 Å². The maximum Gasteiger partial charge on any atom is 0.119 e. The van der Waals surface area contributed by atoms with Gasteiger partial charge in [-0.1, -0.05) is 18.2 Å². The molecule has 4 heteroatoms. The summed E-state index contributed by atoms with van der Waals surface area (Å²) in [4.78, 5) is 2.16. The molecule has 0 saturated heterocycles. The molecule has 1 N–H and O–H groups in total. The Hall–Kier alpha value is -2.33. The van der Waals surface area contributed by atoms with E-state index in [9.17, 15) is 0 Å². The van der Waals surface area contributed by atoms with Crippen molar-refractivity contribution in [2.75, 3.05) is 32.7 Å². The first-order valence-electron chi connectivity index (χ1n) is 7.88. The van der Waals surface area contributed by atoms with E-state index in [4.69, 9.17) is 4.74 Å². The molecule has 0 unspecified atom stereocenters. The largest absolute Gasteiger partial charge is 0.494 e. The Morgan fingerprint density at radius 3 is 2.39 bits per heavy atom. The van der Waals surface area contributed by atoms with Gasteiger partial charge in [-0.3, -0.25) is 5.43 Å². The van der Waals surface area contributed by atoms with Crippen LogP contribution >= 0.6 is 0 Å². The highest BCUT2D eigenvalue weighted by Gasteiger charge is 2.00. The van der Waals surface area contributed by atoms with E-state index in [0.29, 0.717) is 0 Å². The van der Waals surface area contributed by atoms with Crippen molar-refractivity contribution in [1.29, 1.82) is 0 Å². The van der Waals surface area contributed by atoms with Crippen LogP contribution in [0, 0.1) is 0 Å². The van der Waals surface area contributed by atoms with Gasteiger partial charge in [-0.05, 0) is 69.4 Å². The zero-order valence-electron chi connectivity index (χ0n) is 14.1. The number of para-hydroxylation sites is 1. The summed E-state index contributed by atoms with van der Waals surface area (Å²) in [6.07, 6.45) is 1.02. The molecule has 23 heavy (non-hydrogen) atoms. The summed E-state index contributed by atoms with van der Waals surface area (Å²) in [6, 6.07) is 18.0. The van der Waals surface area contributed by atoms with E-state index in [0.717, 1.165) is 42.3 Å². The van der Waals surface area contributed by atoms with Crippen LogP contribution in [0.15, 0.2) is 59.7 Å². The van der Waals surface area contributed by atoms with Crippen molar-refractivity contribution >= 4 is 11.4 Å². The third kappa shape index (κ3) is 6.12. The lowest BCUT2D eigenvalue weighted by atomic mass is 10.1. The zero-order chi connectivity index (χ0) is 16.5. The summed E-state index contributed by atoms with van der Waals surface area (Å²) in [6.45, 7) is 3.76. The third-order valence-electron chi connectivity index (χ3n) is 3.42. The van der Waals surface area contributed by atoms with Crippen LogP contribution in [0.25, 0.3) is 0 Å². The van der Waals surface area contributed by atoms with Crippen molar-refractivity contribution in [2.24, 2.45) is 5.10 Å². The smallest absolute Gasteiger partial charge is 0.119 e. The number of anilines is 1. The molecule has 0 amide bonds. The van der Waals surface area contributed by atoms with Crippen molar-refractivity contribution in [3.63, 3.8) is 0 Å². The number of hydrogen-bond donors (Lipinski definition) is 1. The van der Waals surface area contributed by atoms with E-state index < -0.39 is 0 Å². The average molecular weight is 311 g/mol. The van der Waals surface area contributed by atoms with E-state index in [1.54, 1.807) is 0 Å². The van der Waals surface area contributed by atoms with Crippen LogP contribution in [0.3, 0.4) is 0 Å². The Labute approximate surface area is 138 Å². The lowest BCUT2D eigenvalue weighted by Crippen LogP contribution is -2.15. The topological polar surface area (TPSA) is 36.9 Å². The highest BCUT2D eigenvalue weighted by molar-refractivity contribution is 5.99. The predicted octanol–water partition coefficient (Wildman–Crippen LogP) is 3.85. The normalized spacial score (nSPS) is 11.6. The van der Waals surface area contributed by atoms with Crippen LogP contribution < -0.4 is 10.2 Å². The summed E-state index contributed by atoms with van der Waals surface area (Å²) in [5.41, 5.74) is 6.06. The van der Waals surface area contributed by atoms with Gasteiger partial charge in [-0.2, -0.15) is 5.10 Å². The van der Waals surface area contributed by atoms with Gasteiger partial charge >= 0.3 is 0 Å². The summed E-state index contributed by atoms with van der Waals surface area (Å²) >= 11 is 0. The van der Waals surface area contributed by atoms with Gasteiger partial charge in [-0.25, -0.2) is 0 Å². The van der Waals surface area contributed by atoms with Gasteiger partial charge in [0.15, 0.2) is 0 Å². The Morgan fingerprint density at radius 2 is 1.74 bits per heavy atom. The second kappa shape index (κ2) is 8.96. The minimum Gasteiger partial charge on any atom is -0.494 e. The molecule has 0 saturated carbocycles. The molecule has 0 radical (unpaired) electrons. The molecule has 0 aromatic heterocycles. The monoisotopic (exact) mass is 311 g/mol. The first kappa shape index (κ1) is 17.0. The maximum absolute atomic E-state index is 5.74. The molecule has 0 spiro atoms. The van der Waals surface area contributed by atoms with Crippen LogP contribution in [0.4, 0.5) is 5.69 Å². The third-order valence-corrected chi connectivity index (χ3v) is 3.42. The lowest BCUT2D eigenvalue weighted by Gasteiger charge is -2.10. The molecule has 0 aliphatic rings. The molecular formula is C19H25N3O. The fourth-order valence-corrected chi connectivity index (χ4v) is 2.09. The molecule has 2 aromatic rings. The minimum absolute atomic E-state index is 0.736. The molecular weight excluding hydrogens is 286 g/mol. The average Bonchev–Trinajstić information content (AvgIpc) is 2.58. The predicted molar refractivity (Wildman–Crippen MR) is 97.4 cm³/mol. The van der Waals surface area contributed by atoms with Crippen molar-refractivity contribution in [2.45, 2.75) is 13.3 Å². The lowest BCUT2D eigenvalue weighted by molar-refractivity contribution is 0.281. The van der Waals surface area contributed by atoms with Gasteiger partial charge in [0.2, 0.25) is 0 Å². The second-order valence-corrected chi connectivity index (χ2v) is 5.70. The van der Waals surface area contributed by atoms with Gasteiger partial charge in [0, 0.05) is 6.54 Å². The molecule has 2 rings (SSSR count). The molecule has 0 heterocycles. The minimum atomic E-state index is 0.736. The van der Waals surface area contributed by atoms with E-state index in [1.807, 2.05) is 61.5 Å². The van der Waals surface area contributed by atoms with E-state index >= 15 is 0 Å². The first-order chi connectivity index (χ1) is 11.1. The summed E-state index contributed by atoms with van der Waals surface area (Å²) in [5.74, 6) is 0.899. The van der Waals surface area contributed by atoms with Gasteiger partial charge in [0.25, 0.3) is 0 Å². The fourth-order valence-electron chi connectivity index (χ4n) is 2.09. The highest BCUT2D eigenvalue weighted by atomic mass is 16.5. The second-order valence-electron chi connectivity index (χ2n) is 5.70. The van der Waals surface area contributed by atoms with Crippen LogP contribution in [-0.4, -0.2) is 37.9 Å². The molecule has 4 nitrogen and oxygen atoms in total. The first-order valence-corrected chi connectivity index (χ1v) is 7.88.